The molecule has 1 aliphatic rings. The summed E-state index contributed by atoms with van der Waals surface area (Å²) in [7, 11) is 0. The molecule has 1 atom stereocenters. The van der Waals surface area contributed by atoms with Crippen LogP contribution in [0.25, 0.3) is 0 Å². The predicted molar refractivity (Wildman–Crippen MR) is 69.3 cm³/mol. The first-order valence-corrected chi connectivity index (χ1v) is 6.21. The van der Waals surface area contributed by atoms with Crippen LogP contribution < -0.4 is 5.56 Å². The largest absolute Gasteiger partial charge is 0.388 e. The lowest BCUT2D eigenvalue weighted by Crippen LogP contribution is -2.40. The van der Waals surface area contributed by atoms with E-state index in [9.17, 15) is 9.90 Å². The quantitative estimate of drug-likeness (QED) is 0.810. The predicted octanol–water partition coefficient (Wildman–Crippen LogP) is 0.671. The van der Waals surface area contributed by atoms with Gasteiger partial charge >= 0.3 is 0 Å². The molecule has 0 spiro atoms. The Bertz CT molecular complexity index is 489. The lowest BCUT2D eigenvalue weighted by molar-refractivity contribution is -0.0111. The van der Waals surface area contributed by atoms with Crippen LogP contribution in [-0.4, -0.2) is 38.7 Å². The molecule has 5 heteroatoms. The van der Waals surface area contributed by atoms with Crippen molar-refractivity contribution in [2.24, 2.45) is 5.41 Å². The molecule has 2 N–H and O–H groups in total. The Morgan fingerprint density at radius 2 is 2.11 bits per heavy atom. The molecule has 0 aromatic carbocycles. The fourth-order valence-corrected chi connectivity index (χ4v) is 2.50. The van der Waals surface area contributed by atoms with E-state index in [1.165, 1.54) is 6.07 Å². The molecule has 0 bridgehead atoms. The second-order valence-electron chi connectivity index (χ2n) is 6.13. The summed E-state index contributed by atoms with van der Waals surface area (Å²) >= 11 is 0. The maximum Gasteiger partial charge on any atom is 0.251 e. The number of likely N-dealkylation sites (tertiary alicyclic amines) is 1. The molecule has 1 aliphatic heterocycles. The molecule has 1 aromatic rings. The van der Waals surface area contributed by atoms with E-state index in [2.05, 4.69) is 28.7 Å². The molecular weight excluding hydrogens is 230 g/mol. The monoisotopic (exact) mass is 251 g/mol. The van der Waals surface area contributed by atoms with Gasteiger partial charge in [-0.1, -0.05) is 13.8 Å². The third-order valence-electron chi connectivity index (χ3n) is 3.91. The molecule has 2 rings (SSSR count). The first-order valence-electron chi connectivity index (χ1n) is 6.21. The van der Waals surface area contributed by atoms with Gasteiger partial charge < -0.3 is 10.1 Å². The fourth-order valence-electron chi connectivity index (χ4n) is 2.50. The van der Waals surface area contributed by atoms with E-state index in [0.717, 1.165) is 12.2 Å². The van der Waals surface area contributed by atoms with E-state index in [-0.39, 0.29) is 11.0 Å². The molecule has 5 nitrogen and oxygen atoms in total. The van der Waals surface area contributed by atoms with Crippen LogP contribution in [0, 0.1) is 12.3 Å². The third kappa shape index (κ3) is 2.47. The molecule has 0 saturated carbocycles. The van der Waals surface area contributed by atoms with Crippen LogP contribution in [0.5, 0.6) is 0 Å². The van der Waals surface area contributed by atoms with Crippen molar-refractivity contribution in [3.05, 3.63) is 27.9 Å². The minimum Gasteiger partial charge on any atom is -0.388 e. The first-order chi connectivity index (χ1) is 8.19. The fraction of sp³-hybridized carbons (Fsp3) is 0.692. The van der Waals surface area contributed by atoms with Gasteiger partial charge in [0.2, 0.25) is 0 Å². The van der Waals surface area contributed by atoms with Gasteiger partial charge in [0.25, 0.3) is 5.56 Å². The van der Waals surface area contributed by atoms with Crippen LogP contribution >= 0.6 is 0 Å². The van der Waals surface area contributed by atoms with Gasteiger partial charge in [0.1, 0.15) is 5.82 Å². The summed E-state index contributed by atoms with van der Waals surface area (Å²) in [4.78, 5) is 20.5. The van der Waals surface area contributed by atoms with Crippen molar-refractivity contribution in [3.63, 3.8) is 0 Å². The van der Waals surface area contributed by atoms with Gasteiger partial charge in [-0.25, -0.2) is 4.98 Å². The number of hydrogen-bond acceptors (Lipinski definition) is 4. The van der Waals surface area contributed by atoms with E-state index < -0.39 is 5.60 Å². The SMILES string of the molecule is Cc1nc(CN2CC(C)(C)[C@](C)(O)C2)cc(=O)[nH]1. The highest BCUT2D eigenvalue weighted by molar-refractivity contribution is 5.06. The van der Waals surface area contributed by atoms with Gasteiger partial charge in [0.15, 0.2) is 0 Å². The summed E-state index contributed by atoms with van der Waals surface area (Å²) in [5.41, 5.74) is -0.223. The van der Waals surface area contributed by atoms with Crippen molar-refractivity contribution in [1.82, 2.24) is 14.9 Å². The van der Waals surface area contributed by atoms with Crippen molar-refractivity contribution in [3.8, 4) is 0 Å². The van der Waals surface area contributed by atoms with Crippen molar-refractivity contribution in [2.45, 2.75) is 39.8 Å². The first kappa shape index (κ1) is 13.2. The Hall–Kier alpha value is -1.20. The summed E-state index contributed by atoms with van der Waals surface area (Å²) < 4.78 is 0. The molecule has 0 aliphatic carbocycles. The van der Waals surface area contributed by atoms with Crippen molar-refractivity contribution in [1.29, 1.82) is 0 Å². The molecule has 1 saturated heterocycles. The Labute approximate surface area is 107 Å². The molecule has 1 aromatic heterocycles. The van der Waals surface area contributed by atoms with E-state index >= 15 is 0 Å². The number of H-pyrrole nitrogens is 1. The van der Waals surface area contributed by atoms with Crippen LogP contribution in [0.4, 0.5) is 0 Å². The van der Waals surface area contributed by atoms with Crippen LogP contribution in [0.15, 0.2) is 10.9 Å². The van der Waals surface area contributed by atoms with E-state index in [0.29, 0.717) is 18.9 Å². The molecule has 1 fully saturated rings. The van der Waals surface area contributed by atoms with Crippen LogP contribution in [-0.2, 0) is 6.54 Å². The van der Waals surface area contributed by atoms with Crippen molar-refractivity contribution in [2.75, 3.05) is 13.1 Å². The van der Waals surface area contributed by atoms with Crippen LogP contribution in [0.1, 0.15) is 32.3 Å². The second kappa shape index (κ2) is 4.17. The zero-order valence-corrected chi connectivity index (χ0v) is 11.4. The summed E-state index contributed by atoms with van der Waals surface area (Å²) in [6, 6.07) is 1.52. The molecular formula is C13H21N3O2. The van der Waals surface area contributed by atoms with Gasteiger partial charge in [-0.3, -0.25) is 9.69 Å². The standard InChI is InChI=1S/C13H21N3O2/c1-9-14-10(5-11(17)15-9)6-16-7-12(2,3)13(4,18)8-16/h5,18H,6-8H2,1-4H3,(H,14,15,17)/t13-/m1/s1. The molecule has 0 radical (unpaired) electrons. The lowest BCUT2D eigenvalue weighted by atomic mass is 9.79. The summed E-state index contributed by atoms with van der Waals surface area (Å²) in [6.07, 6.45) is 0. The smallest absolute Gasteiger partial charge is 0.251 e. The highest BCUT2D eigenvalue weighted by atomic mass is 16.3. The van der Waals surface area contributed by atoms with Gasteiger partial charge in [-0.05, 0) is 13.8 Å². The van der Waals surface area contributed by atoms with E-state index in [1.807, 2.05) is 6.92 Å². The summed E-state index contributed by atoms with van der Waals surface area (Å²) in [5, 5.41) is 10.3. The maximum absolute atomic E-state index is 11.4. The van der Waals surface area contributed by atoms with Gasteiger partial charge in [-0.2, -0.15) is 0 Å². The van der Waals surface area contributed by atoms with Crippen molar-refractivity contribution >= 4 is 0 Å². The minimum absolute atomic E-state index is 0.122. The van der Waals surface area contributed by atoms with Crippen molar-refractivity contribution < 1.29 is 5.11 Å². The molecule has 18 heavy (non-hydrogen) atoms. The Morgan fingerprint density at radius 3 is 2.61 bits per heavy atom. The van der Waals surface area contributed by atoms with Crippen LogP contribution in [0.3, 0.4) is 0 Å². The number of nitrogens with zero attached hydrogens (tertiary/aromatic N) is 2. The molecule has 2 heterocycles. The number of nitrogens with one attached hydrogen (secondary N) is 1. The second-order valence-corrected chi connectivity index (χ2v) is 6.13. The summed E-state index contributed by atoms with van der Waals surface area (Å²) in [6.45, 7) is 9.76. The maximum atomic E-state index is 11.4. The average molecular weight is 251 g/mol. The normalized spacial score (nSPS) is 27.6. The van der Waals surface area contributed by atoms with E-state index in [1.54, 1.807) is 6.92 Å². The zero-order chi connectivity index (χ0) is 13.6. The highest BCUT2D eigenvalue weighted by Crippen LogP contribution is 2.38. The zero-order valence-electron chi connectivity index (χ0n) is 11.4. The van der Waals surface area contributed by atoms with Gasteiger partial charge in [0.05, 0.1) is 11.3 Å². The number of aryl methyl sites for hydroxylation is 1. The van der Waals surface area contributed by atoms with Gasteiger partial charge in [-0.15, -0.1) is 0 Å². The topological polar surface area (TPSA) is 69.2 Å². The molecule has 0 unspecified atom stereocenters. The number of aromatic amines is 1. The third-order valence-corrected chi connectivity index (χ3v) is 3.91. The number of aliphatic hydroxyl groups is 1. The molecule has 0 amide bonds. The van der Waals surface area contributed by atoms with E-state index in [4.69, 9.17) is 0 Å². The number of β-amino-alcohol motifs (C(OH)–C–C–N with tert-alkyl or cyclic N) is 1. The number of rotatable bonds is 2. The minimum atomic E-state index is -0.705. The van der Waals surface area contributed by atoms with Crippen LogP contribution in [0.2, 0.25) is 0 Å². The van der Waals surface area contributed by atoms with Gasteiger partial charge in [0, 0.05) is 31.1 Å². The Balaban J connectivity index is 2.15. The Morgan fingerprint density at radius 1 is 1.44 bits per heavy atom. The number of aromatic nitrogens is 2. The average Bonchev–Trinajstić information content (AvgIpc) is 2.31. The Kier molecular flexibility index (Phi) is 3.07. The summed E-state index contributed by atoms with van der Waals surface area (Å²) in [5.74, 6) is 0.628. The molecule has 100 valence electrons. The highest BCUT2D eigenvalue weighted by Gasteiger charge is 2.47. The lowest BCUT2D eigenvalue weighted by Gasteiger charge is -2.31. The number of hydrogen-bond donors (Lipinski definition) is 2.